The second-order valence-corrected chi connectivity index (χ2v) is 7.87. The minimum atomic E-state index is 0.00112. The molecule has 4 rings (SSSR count). The average molecular weight is 348 g/mol. The molecule has 0 aromatic carbocycles. The van der Waals surface area contributed by atoms with Crippen molar-refractivity contribution in [2.45, 2.75) is 63.8 Å². The molecule has 1 aromatic rings. The van der Waals surface area contributed by atoms with Crippen LogP contribution in [0.4, 0.5) is 4.79 Å². The molecular formula is C18H28N4O3. The highest BCUT2D eigenvalue weighted by atomic mass is 16.5. The molecule has 1 aromatic heterocycles. The maximum atomic E-state index is 12.8. The van der Waals surface area contributed by atoms with Crippen molar-refractivity contribution in [2.75, 3.05) is 26.3 Å². The highest BCUT2D eigenvalue weighted by Gasteiger charge is 2.51. The molecule has 1 aliphatic carbocycles. The van der Waals surface area contributed by atoms with Gasteiger partial charge in [-0.1, -0.05) is 24.4 Å². The van der Waals surface area contributed by atoms with E-state index in [1.165, 1.54) is 19.3 Å². The second-order valence-electron chi connectivity index (χ2n) is 7.87. The first-order valence-corrected chi connectivity index (χ1v) is 9.60. The van der Waals surface area contributed by atoms with Crippen LogP contribution < -0.4 is 5.32 Å². The molecule has 2 aliphatic heterocycles. The Balaban J connectivity index is 1.49. The molecule has 25 heavy (non-hydrogen) atoms. The summed E-state index contributed by atoms with van der Waals surface area (Å²) in [6.45, 7) is 4.72. The molecule has 1 spiro atoms. The lowest BCUT2D eigenvalue weighted by molar-refractivity contribution is 0.00938. The summed E-state index contributed by atoms with van der Waals surface area (Å²) >= 11 is 0. The summed E-state index contributed by atoms with van der Waals surface area (Å²) < 4.78 is 11.1. The topological polar surface area (TPSA) is 80.5 Å². The van der Waals surface area contributed by atoms with Crippen LogP contribution in [0.5, 0.6) is 0 Å². The molecule has 7 nitrogen and oxygen atoms in total. The molecule has 0 bridgehead atoms. The number of nitrogens with zero attached hydrogens (tertiary/aromatic N) is 3. The minimum Gasteiger partial charge on any atom is -0.381 e. The predicted octanol–water partition coefficient (Wildman–Crippen LogP) is 2.62. The van der Waals surface area contributed by atoms with Crippen molar-refractivity contribution in [3.8, 4) is 0 Å². The third-order valence-electron chi connectivity index (χ3n) is 6.20. The summed E-state index contributed by atoms with van der Waals surface area (Å²) in [4.78, 5) is 19.3. The zero-order valence-corrected chi connectivity index (χ0v) is 15.0. The lowest BCUT2D eigenvalue weighted by atomic mass is 9.72. The molecule has 138 valence electrons. The predicted molar refractivity (Wildman–Crippen MR) is 91.2 cm³/mol. The van der Waals surface area contributed by atoms with Crippen LogP contribution in [-0.4, -0.2) is 53.4 Å². The number of nitrogens with one attached hydrogen (secondary N) is 1. The van der Waals surface area contributed by atoms with E-state index in [0.717, 1.165) is 45.4 Å². The van der Waals surface area contributed by atoms with Crippen LogP contribution >= 0.6 is 0 Å². The smallest absolute Gasteiger partial charge is 0.317 e. The number of amides is 2. The summed E-state index contributed by atoms with van der Waals surface area (Å²) in [7, 11) is 0. The fraction of sp³-hybridized carbons (Fsp3) is 0.833. The summed E-state index contributed by atoms with van der Waals surface area (Å²) in [5, 5.41) is 7.22. The third kappa shape index (κ3) is 3.38. The number of aromatic nitrogens is 2. The number of carbonyl (C=O) groups excluding carboxylic acids is 1. The van der Waals surface area contributed by atoms with Crippen molar-refractivity contribution >= 4 is 6.03 Å². The van der Waals surface area contributed by atoms with E-state index in [-0.39, 0.29) is 17.4 Å². The monoisotopic (exact) mass is 348 g/mol. The second kappa shape index (κ2) is 6.94. The normalized spacial score (nSPS) is 26.9. The quantitative estimate of drug-likeness (QED) is 0.888. The number of ether oxygens (including phenoxy) is 1. The lowest BCUT2D eigenvalue weighted by Gasteiger charge is -2.36. The zero-order chi connectivity index (χ0) is 17.3. The molecule has 2 amide bonds. The van der Waals surface area contributed by atoms with Gasteiger partial charge in [-0.2, -0.15) is 4.98 Å². The van der Waals surface area contributed by atoms with Crippen LogP contribution in [0.25, 0.3) is 0 Å². The van der Waals surface area contributed by atoms with Crippen LogP contribution in [-0.2, 0) is 4.74 Å². The van der Waals surface area contributed by atoms with E-state index in [0.29, 0.717) is 24.3 Å². The van der Waals surface area contributed by atoms with Gasteiger partial charge in [0.15, 0.2) is 5.82 Å². The van der Waals surface area contributed by atoms with E-state index in [9.17, 15) is 4.79 Å². The maximum absolute atomic E-state index is 12.8. The summed E-state index contributed by atoms with van der Waals surface area (Å²) in [5.74, 6) is 1.43. The molecule has 1 N–H and O–H groups in total. The molecular weight excluding hydrogens is 320 g/mol. The number of rotatable bonds is 2. The summed E-state index contributed by atoms with van der Waals surface area (Å²) in [5.41, 5.74) is 0.00112. The Morgan fingerprint density at radius 1 is 1.24 bits per heavy atom. The van der Waals surface area contributed by atoms with E-state index >= 15 is 0 Å². The lowest BCUT2D eigenvalue weighted by Crippen LogP contribution is -2.45. The average Bonchev–Trinajstić information content (AvgIpc) is 3.20. The van der Waals surface area contributed by atoms with Crippen LogP contribution in [0.3, 0.4) is 0 Å². The fourth-order valence-electron chi connectivity index (χ4n) is 4.72. The number of aryl methyl sites for hydroxylation is 1. The van der Waals surface area contributed by atoms with Gasteiger partial charge in [-0.25, -0.2) is 4.79 Å². The van der Waals surface area contributed by atoms with Gasteiger partial charge in [0.05, 0.1) is 5.92 Å². The number of hydrogen-bond donors (Lipinski definition) is 1. The van der Waals surface area contributed by atoms with Gasteiger partial charge in [0.1, 0.15) is 0 Å². The van der Waals surface area contributed by atoms with E-state index < -0.39 is 0 Å². The number of likely N-dealkylation sites (tertiary alicyclic amines) is 1. The van der Waals surface area contributed by atoms with Crippen LogP contribution in [0.2, 0.25) is 0 Å². The molecule has 0 radical (unpaired) electrons. The first kappa shape index (κ1) is 16.8. The fourth-order valence-corrected chi connectivity index (χ4v) is 4.72. The van der Waals surface area contributed by atoms with Gasteiger partial charge in [-0.05, 0) is 32.6 Å². The van der Waals surface area contributed by atoms with Gasteiger partial charge in [0, 0.05) is 37.8 Å². The highest BCUT2D eigenvalue weighted by molar-refractivity contribution is 5.75. The summed E-state index contributed by atoms with van der Waals surface area (Å²) in [6.07, 6.45) is 7.80. The molecule has 1 saturated carbocycles. The van der Waals surface area contributed by atoms with Crippen molar-refractivity contribution in [1.29, 1.82) is 0 Å². The Hall–Kier alpha value is -1.63. The number of carbonyl (C=O) groups is 1. The van der Waals surface area contributed by atoms with E-state index in [4.69, 9.17) is 9.26 Å². The first-order chi connectivity index (χ1) is 12.2. The molecule has 3 aliphatic rings. The van der Waals surface area contributed by atoms with Gasteiger partial charge < -0.3 is 19.5 Å². The molecule has 7 heteroatoms. The van der Waals surface area contributed by atoms with E-state index in [1.54, 1.807) is 0 Å². The van der Waals surface area contributed by atoms with Crippen molar-refractivity contribution in [3.63, 3.8) is 0 Å². The van der Waals surface area contributed by atoms with Crippen molar-refractivity contribution in [2.24, 2.45) is 5.41 Å². The number of hydrogen-bond acceptors (Lipinski definition) is 5. The Morgan fingerprint density at radius 2 is 2.00 bits per heavy atom. The Bertz CT molecular complexity index is 605. The van der Waals surface area contributed by atoms with Gasteiger partial charge in [0.2, 0.25) is 5.89 Å². The standard InChI is InChI=1S/C18H28N4O3/c1-13-19-16(25-21-13)15-11-22(12-18(15)7-9-24-10-8-18)17(23)20-14-5-3-2-4-6-14/h14-15H,2-12H2,1H3,(H,20,23). The van der Waals surface area contributed by atoms with Crippen molar-refractivity contribution in [3.05, 3.63) is 11.7 Å². The Morgan fingerprint density at radius 3 is 2.68 bits per heavy atom. The summed E-state index contributed by atoms with van der Waals surface area (Å²) in [6, 6.07) is 0.396. The third-order valence-corrected chi connectivity index (χ3v) is 6.20. The Kier molecular flexibility index (Phi) is 4.67. The van der Waals surface area contributed by atoms with Gasteiger partial charge in [-0.15, -0.1) is 0 Å². The van der Waals surface area contributed by atoms with Gasteiger partial charge in [-0.3, -0.25) is 0 Å². The van der Waals surface area contributed by atoms with E-state index in [1.807, 2.05) is 11.8 Å². The number of urea groups is 1. The minimum absolute atomic E-state index is 0.00112. The van der Waals surface area contributed by atoms with Crippen LogP contribution in [0.15, 0.2) is 4.52 Å². The molecule has 1 atom stereocenters. The molecule has 1 unspecified atom stereocenters. The molecule has 3 fully saturated rings. The highest BCUT2D eigenvalue weighted by Crippen LogP contribution is 2.49. The molecule has 2 saturated heterocycles. The Labute approximate surface area is 148 Å². The van der Waals surface area contributed by atoms with E-state index in [2.05, 4.69) is 15.5 Å². The zero-order valence-electron chi connectivity index (χ0n) is 15.0. The van der Waals surface area contributed by atoms with Crippen molar-refractivity contribution < 1.29 is 14.1 Å². The molecule has 3 heterocycles. The van der Waals surface area contributed by atoms with Gasteiger partial charge in [0.25, 0.3) is 0 Å². The maximum Gasteiger partial charge on any atom is 0.317 e. The SMILES string of the molecule is Cc1noc(C2CN(C(=O)NC3CCCCC3)CC23CCOCC3)n1. The first-order valence-electron chi connectivity index (χ1n) is 9.60. The van der Waals surface area contributed by atoms with Crippen molar-refractivity contribution in [1.82, 2.24) is 20.4 Å². The van der Waals surface area contributed by atoms with Gasteiger partial charge >= 0.3 is 6.03 Å². The largest absolute Gasteiger partial charge is 0.381 e. The van der Waals surface area contributed by atoms with Crippen LogP contribution in [0.1, 0.15) is 62.6 Å². The van der Waals surface area contributed by atoms with Crippen LogP contribution in [0, 0.1) is 12.3 Å².